The Morgan fingerprint density at radius 3 is 2.50 bits per heavy atom. The van der Waals surface area contributed by atoms with Crippen LogP contribution in [0.25, 0.3) is 11.4 Å². The number of hydrogen-bond acceptors (Lipinski definition) is 2. The van der Waals surface area contributed by atoms with E-state index in [1.807, 2.05) is 0 Å². The number of imidazole rings is 1. The van der Waals surface area contributed by atoms with Gasteiger partial charge in [-0.1, -0.05) is 55.3 Å². The number of aromatic nitrogens is 2. The van der Waals surface area contributed by atoms with Gasteiger partial charge in [0.05, 0.1) is 5.69 Å². The summed E-state index contributed by atoms with van der Waals surface area (Å²) >= 11 is 0. The predicted octanol–water partition coefficient (Wildman–Crippen LogP) is 4.89. The van der Waals surface area contributed by atoms with E-state index in [2.05, 4.69) is 67.6 Å². The summed E-state index contributed by atoms with van der Waals surface area (Å²) in [4.78, 5) is 4.78. The van der Waals surface area contributed by atoms with Crippen molar-refractivity contribution in [3.05, 3.63) is 53.9 Å². The minimum atomic E-state index is 0.938. The maximum absolute atomic E-state index is 4.78. The number of aryl methyl sites for hydroxylation is 1. The lowest BCUT2D eigenvalue weighted by Gasteiger charge is -2.10. The van der Waals surface area contributed by atoms with Gasteiger partial charge in [-0.2, -0.15) is 0 Å². The Hall–Kier alpha value is -1.87. The van der Waals surface area contributed by atoms with E-state index < -0.39 is 0 Å². The number of benzene rings is 1. The molecule has 1 heterocycles. The van der Waals surface area contributed by atoms with E-state index in [9.17, 15) is 0 Å². The van der Waals surface area contributed by atoms with Gasteiger partial charge in [0, 0.05) is 24.3 Å². The average Bonchev–Trinajstić information content (AvgIpc) is 2.86. The molecule has 0 aliphatic heterocycles. The van der Waals surface area contributed by atoms with Gasteiger partial charge in [-0.3, -0.25) is 0 Å². The van der Waals surface area contributed by atoms with Gasteiger partial charge in [0.2, 0.25) is 0 Å². The van der Waals surface area contributed by atoms with E-state index in [1.54, 1.807) is 0 Å². The molecule has 0 spiro atoms. The monoisotopic (exact) mass is 325 g/mol. The Bertz CT molecular complexity index is 641. The minimum absolute atomic E-state index is 0.938. The van der Waals surface area contributed by atoms with Crippen LogP contribution >= 0.6 is 0 Å². The molecular weight excluding hydrogens is 294 g/mol. The van der Waals surface area contributed by atoms with Gasteiger partial charge in [-0.05, 0) is 40.2 Å². The molecule has 0 saturated carbocycles. The summed E-state index contributed by atoms with van der Waals surface area (Å²) in [6.07, 6.45) is 4.98. The zero-order chi connectivity index (χ0) is 17.4. The average molecular weight is 326 g/mol. The standard InChI is InChI=1S/C21H31N3/c1-17(2)16-22-14-10-5-6-11-15-24-19(4)18(3)23-21(24)20-12-8-7-9-13-20/h7-9,12-13,22H,1,5-6,10-11,14-16H2,2-4H3. The minimum Gasteiger partial charge on any atom is -0.328 e. The molecule has 0 unspecified atom stereocenters. The quantitative estimate of drug-likeness (QED) is 0.498. The summed E-state index contributed by atoms with van der Waals surface area (Å²) in [6, 6.07) is 10.5. The number of hydrogen-bond donors (Lipinski definition) is 1. The smallest absolute Gasteiger partial charge is 0.140 e. The highest BCUT2D eigenvalue weighted by molar-refractivity contribution is 5.56. The second kappa shape index (κ2) is 9.43. The fraction of sp³-hybridized carbons (Fsp3) is 0.476. The molecule has 0 fully saturated rings. The molecule has 24 heavy (non-hydrogen) atoms. The third-order valence-electron chi connectivity index (χ3n) is 4.40. The fourth-order valence-electron chi connectivity index (χ4n) is 2.91. The molecular formula is C21H31N3. The van der Waals surface area contributed by atoms with Crippen molar-refractivity contribution in [3.8, 4) is 11.4 Å². The molecule has 1 aromatic heterocycles. The summed E-state index contributed by atoms with van der Waals surface area (Å²) in [6.45, 7) is 13.3. The molecule has 0 atom stereocenters. The van der Waals surface area contributed by atoms with Crippen molar-refractivity contribution in [1.29, 1.82) is 0 Å². The lowest BCUT2D eigenvalue weighted by Crippen LogP contribution is -2.17. The van der Waals surface area contributed by atoms with Crippen molar-refractivity contribution in [1.82, 2.24) is 14.9 Å². The zero-order valence-corrected chi connectivity index (χ0v) is 15.4. The number of nitrogens with zero attached hydrogens (tertiary/aromatic N) is 2. The third kappa shape index (κ3) is 5.34. The van der Waals surface area contributed by atoms with Gasteiger partial charge in [0.1, 0.15) is 5.82 Å². The lowest BCUT2D eigenvalue weighted by atomic mass is 10.1. The van der Waals surface area contributed by atoms with Crippen LogP contribution in [0.3, 0.4) is 0 Å². The molecule has 3 heteroatoms. The highest BCUT2D eigenvalue weighted by Gasteiger charge is 2.12. The van der Waals surface area contributed by atoms with Gasteiger partial charge in [0.25, 0.3) is 0 Å². The highest BCUT2D eigenvalue weighted by atomic mass is 15.1. The van der Waals surface area contributed by atoms with Crippen LogP contribution in [0.1, 0.15) is 44.0 Å². The maximum Gasteiger partial charge on any atom is 0.140 e. The Morgan fingerprint density at radius 2 is 1.79 bits per heavy atom. The van der Waals surface area contributed by atoms with Crippen molar-refractivity contribution >= 4 is 0 Å². The number of rotatable bonds is 10. The SMILES string of the molecule is C=C(C)CNCCCCCCn1c(-c2ccccc2)nc(C)c1C. The first-order chi connectivity index (χ1) is 11.6. The Kier molecular flexibility index (Phi) is 7.26. The number of unbranched alkanes of at least 4 members (excludes halogenated alkanes) is 3. The van der Waals surface area contributed by atoms with E-state index in [1.165, 1.54) is 42.5 Å². The summed E-state index contributed by atoms with van der Waals surface area (Å²) in [5, 5.41) is 3.42. The van der Waals surface area contributed by atoms with Crippen LogP contribution in [0.2, 0.25) is 0 Å². The van der Waals surface area contributed by atoms with E-state index in [-0.39, 0.29) is 0 Å². The Balaban J connectivity index is 1.82. The van der Waals surface area contributed by atoms with Crippen LogP contribution in [0.5, 0.6) is 0 Å². The van der Waals surface area contributed by atoms with Gasteiger partial charge in [-0.15, -0.1) is 0 Å². The molecule has 0 bridgehead atoms. The molecule has 2 aromatic rings. The third-order valence-corrected chi connectivity index (χ3v) is 4.40. The molecule has 0 saturated heterocycles. The zero-order valence-electron chi connectivity index (χ0n) is 15.4. The van der Waals surface area contributed by atoms with Crippen molar-refractivity contribution in [3.63, 3.8) is 0 Å². The van der Waals surface area contributed by atoms with E-state index in [0.717, 1.165) is 31.2 Å². The topological polar surface area (TPSA) is 29.9 Å². The molecule has 0 amide bonds. The van der Waals surface area contributed by atoms with Gasteiger partial charge in [-0.25, -0.2) is 4.98 Å². The summed E-state index contributed by atoms with van der Waals surface area (Å²) in [5.74, 6) is 1.11. The van der Waals surface area contributed by atoms with Crippen LogP contribution in [0.4, 0.5) is 0 Å². The van der Waals surface area contributed by atoms with Gasteiger partial charge >= 0.3 is 0 Å². The molecule has 3 nitrogen and oxygen atoms in total. The first kappa shape index (κ1) is 18.5. The van der Waals surface area contributed by atoms with Crippen LogP contribution in [0, 0.1) is 13.8 Å². The van der Waals surface area contributed by atoms with E-state index in [4.69, 9.17) is 4.98 Å². The van der Waals surface area contributed by atoms with Crippen molar-refractivity contribution < 1.29 is 0 Å². The van der Waals surface area contributed by atoms with Crippen molar-refractivity contribution in [2.24, 2.45) is 0 Å². The van der Waals surface area contributed by atoms with Gasteiger partial charge in [0.15, 0.2) is 0 Å². The van der Waals surface area contributed by atoms with Gasteiger partial charge < -0.3 is 9.88 Å². The van der Waals surface area contributed by atoms with Crippen LogP contribution in [-0.4, -0.2) is 22.6 Å². The summed E-state index contributed by atoms with van der Waals surface area (Å²) in [7, 11) is 0. The predicted molar refractivity (Wildman–Crippen MR) is 103 cm³/mol. The lowest BCUT2D eigenvalue weighted by molar-refractivity contribution is 0.554. The van der Waals surface area contributed by atoms with E-state index in [0.29, 0.717) is 0 Å². The van der Waals surface area contributed by atoms with E-state index >= 15 is 0 Å². The second-order valence-corrected chi connectivity index (χ2v) is 6.67. The summed E-state index contributed by atoms with van der Waals surface area (Å²) in [5.41, 5.74) is 4.84. The first-order valence-corrected chi connectivity index (χ1v) is 9.04. The largest absolute Gasteiger partial charge is 0.328 e. The van der Waals surface area contributed by atoms with Crippen LogP contribution < -0.4 is 5.32 Å². The molecule has 1 N–H and O–H groups in total. The van der Waals surface area contributed by atoms with Crippen LogP contribution in [-0.2, 0) is 6.54 Å². The molecule has 130 valence electrons. The Labute approximate surface area is 146 Å². The highest BCUT2D eigenvalue weighted by Crippen LogP contribution is 2.22. The molecule has 1 aromatic carbocycles. The summed E-state index contributed by atoms with van der Waals surface area (Å²) < 4.78 is 2.38. The Morgan fingerprint density at radius 1 is 1.08 bits per heavy atom. The van der Waals surface area contributed by atoms with Crippen LogP contribution in [0.15, 0.2) is 42.5 Å². The maximum atomic E-state index is 4.78. The second-order valence-electron chi connectivity index (χ2n) is 6.67. The molecule has 2 rings (SSSR count). The first-order valence-electron chi connectivity index (χ1n) is 9.04. The fourth-order valence-corrected chi connectivity index (χ4v) is 2.91. The van der Waals surface area contributed by atoms with Crippen molar-refractivity contribution in [2.75, 3.05) is 13.1 Å². The molecule has 0 aliphatic carbocycles. The molecule has 0 radical (unpaired) electrons. The van der Waals surface area contributed by atoms with Crippen molar-refractivity contribution in [2.45, 2.75) is 53.0 Å². The normalized spacial score (nSPS) is 11.0. The molecule has 0 aliphatic rings. The number of nitrogens with one attached hydrogen (secondary N) is 1.